The van der Waals surface area contributed by atoms with Gasteiger partial charge < -0.3 is 19.5 Å². The van der Waals surface area contributed by atoms with Gasteiger partial charge in [-0.2, -0.15) is 0 Å². The van der Waals surface area contributed by atoms with Crippen LogP contribution in [-0.2, 0) is 13.2 Å². The smallest absolute Gasteiger partial charge is 0.175 e. The van der Waals surface area contributed by atoms with Gasteiger partial charge in [0.05, 0.1) is 23.7 Å². The van der Waals surface area contributed by atoms with E-state index >= 15 is 0 Å². The van der Waals surface area contributed by atoms with Crippen LogP contribution in [0.4, 0.5) is 10.1 Å². The van der Waals surface area contributed by atoms with E-state index in [1.807, 2.05) is 18.2 Å². The van der Waals surface area contributed by atoms with Crippen LogP contribution in [0.15, 0.2) is 59.1 Å². The van der Waals surface area contributed by atoms with Crippen molar-refractivity contribution in [2.75, 3.05) is 19.5 Å². The molecule has 0 fully saturated rings. The van der Waals surface area contributed by atoms with Crippen molar-refractivity contribution in [3.05, 3.63) is 81.0 Å². The summed E-state index contributed by atoms with van der Waals surface area (Å²) in [7, 11) is 3.14. The second-order valence-electron chi connectivity index (χ2n) is 6.19. The quantitative estimate of drug-likeness (QED) is 0.402. The van der Waals surface area contributed by atoms with Crippen LogP contribution >= 0.6 is 27.5 Å². The van der Waals surface area contributed by atoms with E-state index in [-0.39, 0.29) is 12.4 Å². The van der Waals surface area contributed by atoms with Gasteiger partial charge in [0.15, 0.2) is 11.5 Å². The monoisotopic (exact) mass is 479 g/mol. The summed E-state index contributed by atoms with van der Waals surface area (Å²) in [4.78, 5) is 0. The molecular formula is C22H20BrClFNO3. The van der Waals surface area contributed by atoms with E-state index in [9.17, 15) is 4.39 Å². The molecule has 0 aromatic heterocycles. The first kappa shape index (κ1) is 21.3. The molecule has 3 aromatic rings. The Labute approximate surface area is 182 Å². The summed E-state index contributed by atoms with van der Waals surface area (Å²) in [6.45, 7) is 0.648. The Bertz CT molecular complexity index is 1000. The standard InChI is InChI=1S/C22H20BrClFNO3/c1-27-20-8-7-16(11-18(20)24)26-12-14-9-17(23)22(21(10-14)28-2)29-13-15-5-3-4-6-19(15)25/h3-11,26H,12-13H2,1-2H3. The number of hydrogen-bond donors (Lipinski definition) is 1. The minimum atomic E-state index is -0.304. The van der Waals surface area contributed by atoms with Crippen LogP contribution < -0.4 is 19.5 Å². The zero-order chi connectivity index (χ0) is 20.8. The molecule has 0 bridgehead atoms. The number of nitrogens with one attached hydrogen (secondary N) is 1. The van der Waals surface area contributed by atoms with Crippen molar-refractivity contribution in [1.82, 2.24) is 0 Å². The first-order valence-electron chi connectivity index (χ1n) is 8.82. The number of halogens is 3. The fraction of sp³-hybridized carbons (Fsp3) is 0.182. The highest BCUT2D eigenvalue weighted by atomic mass is 79.9. The van der Waals surface area contributed by atoms with Crippen LogP contribution in [0.25, 0.3) is 0 Å². The summed E-state index contributed by atoms with van der Waals surface area (Å²) in [6.07, 6.45) is 0. The highest BCUT2D eigenvalue weighted by Gasteiger charge is 2.13. The molecule has 0 spiro atoms. The lowest BCUT2D eigenvalue weighted by Gasteiger charge is -2.15. The lowest BCUT2D eigenvalue weighted by molar-refractivity contribution is 0.277. The average Bonchev–Trinajstić information content (AvgIpc) is 2.72. The van der Waals surface area contributed by atoms with Gasteiger partial charge in [0.1, 0.15) is 18.2 Å². The molecule has 7 heteroatoms. The SMILES string of the molecule is COc1ccc(NCc2cc(Br)c(OCc3ccccc3F)c(OC)c2)cc1Cl. The van der Waals surface area contributed by atoms with Gasteiger partial charge in [-0.1, -0.05) is 29.8 Å². The van der Waals surface area contributed by atoms with E-state index in [4.69, 9.17) is 25.8 Å². The molecule has 0 aliphatic rings. The van der Waals surface area contributed by atoms with Crippen LogP contribution in [0.2, 0.25) is 5.02 Å². The molecule has 1 N–H and O–H groups in total. The zero-order valence-corrected chi connectivity index (χ0v) is 18.3. The van der Waals surface area contributed by atoms with E-state index in [2.05, 4.69) is 21.2 Å². The average molecular weight is 481 g/mol. The van der Waals surface area contributed by atoms with Crippen LogP contribution in [0.1, 0.15) is 11.1 Å². The number of rotatable bonds is 8. The molecule has 0 heterocycles. The maximum Gasteiger partial charge on any atom is 0.175 e. The Morgan fingerprint density at radius 1 is 1.00 bits per heavy atom. The van der Waals surface area contributed by atoms with E-state index < -0.39 is 0 Å². The molecule has 3 aromatic carbocycles. The van der Waals surface area contributed by atoms with Crippen molar-refractivity contribution in [3.63, 3.8) is 0 Å². The largest absolute Gasteiger partial charge is 0.495 e. The number of ether oxygens (including phenoxy) is 3. The normalized spacial score (nSPS) is 10.5. The Balaban J connectivity index is 1.72. The van der Waals surface area contributed by atoms with Crippen molar-refractivity contribution in [2.45, 2.75) is 13.2 Å². The second-order valence-corrected chi connectivity index (χ2v) is 7.45. The molecule has 4 nitrogen and oxygen atoms in total. The fourth-order valence-corrected chi connectivity index (χ4v) is 3.62. The van der Waals surface area contributed by atoms with Crippen molar-refractivity contribution in [2.24, 2.45) is 0 Å². The molecule has 0 atom stereocenters. The molecule has 0 amide bonds. The summed E-state index contributed by atoms with van der Waals surface area (Å²) in [5.74, 6) is 1.40. The fourth-order valence-electron chi connectivity index (χ4n) is 2.76. The first-order valence-corrected chi connectivity index (χ1v) is 9.99. The van der Waals surface area contributed by atoms with Crippen molar-refractivity contribution >= 4 is 33.2 Å². The summed E-state index contributed by atoms with van der Waals surface area (Å²) in [5.41, 5.74) is 2.31. The third kappa shape index (κ3) is 5.34. The molecule has 0 radical (unpaired) electrons. The van der Waals surface area contributed by atoms with Gasteiger partial charge in [-0.3, -0.25) is 0 Å². The summed E-state index contributed by atoms with van der Waals surface area (Å²) in [5, 5.41) is 3.84. The Kier molecular flexibility index (Phi) is 7.23. The summed E-state index contributed by atoms with van der Waals surface area (Å²) >= 11 is 9.69. The predicted molar refractivity (Wildman–Crippen MR) is 117 cm³/mol. The van der Waals surface area contributed by atoms with Gasteiger partial charge in [0, 0.05) is 17.8 Å². The van der Waals surface area contributed by atoms with Gasteiger partial charge in [-0.15, -0.1) is 0 Å². The molecule has 3 rings (SSSR count). The number of methoxy groups -OCH3 is 2. The summed E-state index contributed by atoms with van der Waals surface area (Å²) in [6, 6.07) is 15.8. The lowest BCUT2D eigenvalue weighted by atomic mass is 10.2. The van der Waals surface area contributed by atoms with Crippen LogP contribution in [-0.4, -0.2) is 14.2 Å². The number of hydrogen-bond acceptors (Lipinski definition) is 4. The minimum Gasteiger partial charge on any atom is -0.495 e. The highest BCUT2D eigenvalue weighted by Crippen LogP contribution is 2.37. The van der Waals surface area contributed by atoms with Crippen molar-refractivity contribution < 1.29 is 18.6 Å². The Morgan fingerprint density at radius 2 is 1.76 bits per heavy atom. The molecule has 0 saturated carbocycles. The van der Waals surface area contributed by atoms with Crippen LogP contribution in [0, 0.1) is 5.82 Å². The maximum atomic E-state index is 13.8. The lowest BCUT2D eigenvalue weighted by Crippen LogP contribution is -2.03. The van der Waals surface area contributed by atoms with Crippen LogP contribution in [0.5, 0.6) is 17.2 Å². The van der Waals surface area contributed by atoms with Gasteiger partial charge >= 0.3 is 0 Å². The zero-order valence-electron chi connectivity index (χ0n) is 16.0. The predicted octanol–water partition coefficient (Wildman–Crippen LogP) is 6.45. The van der Waals surface area contributed by atoms with Crippen molar-refractivity contribution in [1.29, 1.82) is 0 Å². The van der Waals surface area contributed by atoms with E-state index in [0.717, 1.165) is 15.7 Å². The number of anilines is 1. The molecule has 152 valence electrons. The third-order valence-electron chi connectivity index (χ3n) is 4.27. The topological polar surface area (TPSA) is 39.7 Å². The first-order chi connectivity index (χ1) is 14.0. The third-order valence-corrected chi connectivity index (χ3v) is 5.15. The van der Waals surface area contributed by atoms with E-state index in [1.54, 1.807) is 44.6 Å². The minimum absolute atomic E-state index is 0.101. The maximum absolute atomic E-state index is 13.8. The van der Waals surface area contributed by atoms with Crippen molar-refractivity contribution in [3.8, 4) is 17.2 Å². The molecule has 0 aliphatic carbocycles. The molecule has 0 aliphatic heterocycles. The molecule has 0 saturated heterocycles. The second kappa shape index (κ2) is 9.85. The number of benzene rings is 3. The Hall–Kier alpha value is -2.44. The van der Waals surface area contributed by atoms with Gasteiger partial charge in [0.2, 0.25) is 0 Å². The summed E-state index contributed by atoms with van der Waals surface area (Å²) < 4.78 is 31.0. The van der Waals surface area contributed by atoms with Crippen LogP contribution in [0.3, 0.4) is 0 Å². The van der Waals surface area contributed by atoms with E-state index in [0.29, 0.717) is 34.4 Å². The van der Waals surface area contributed by atoms with Gasteiger partial charge in [0.25, 0.3) is 0 Å². The highest BCUT2D eigenvalue weighted by molar-refractivity contribution is 9.10. The Morgan fingerprint density at radius 3 is 2.45 bits per heavy atom. The molecular weight excluding hydrogens is 461 g/mol. The van der Waals surface area contributed by atoms with Gasteiger partial charge in [-0.25, -0.2) is 4.39 Å². The molecule has 29 heavy (non-hydrogen) atoms. The van der Waals surface area contributed by atoms with Gasteiger partial charge in [-0.05, 0) is 57.9 Å². The van der Waals surface area contributed by atoms with E-state index in [1.165, 1.54) is 6.07 Å². The molecule has 0 unspecified atom stereocenters.